The minimum absolute atomic E-state index is 0.0802. The monoisotopic (exact) mass is 569 g/mol. The van der Waals surface area contributed by atoms with Crippen LogP contribution in [0, 0.1) is 0 Å². The lowest BCUT2D eigenvalue weighted by molar-refractivity contribution is -0.193. The molecule has 0 bridgehead atoms. The Labute approximate surface area is 220 Å². The largest absolute Gasteiger partial charge is 0.490 e. The van der Waals surface area contributed by atoms with Gasteiger partial charge < -0.3 is 19.4 Å². The first-order valence-electron chi connectivity index (χ1n) is 11.7. The molecule has 0 aliphatic carbocycles. The van der Waals surface area contributed by atoms with E-state index in [0.717, 1.165) is 57.8 Å². The Bertz CT molecular complexity index is 1000. The van der Waals surface area contributed by atoms with Gasteiger partial charge in [-0.3, -0.25) is 14.8 Å². The van der Waals surface area contributed by atoms with E-state index < -0.39 is 24.3 Å². The standard InChI is InChI=1S/C20H27N3O2.2C2HF3O2/c1-22(15-19-3-2-12-24-19)18-13-20(25-16-18)6-10-23(11-7-20)14-17-4-8-21-9-5-17;2*3-2(4,5)1(6)7/h2-5,8-9,12,18H,6-7,10-11,13-16H2,1H3;2*(H,6,7). The summed E-state index contributed by atoms with van der Waals surface area (Å²) in [7, 11) is 2.17. The maximum atomic E-state index is 10.6. The lowest BCUT2D eigenvalue weighted by atomic mass is 9.87. The van der Waals surface area contributed by atoms with E-state index in [0.29, 0.717) is 6.04 Å². The number of rotatable bonds is 5. The minimum Gasteiger partial charge on any atom is -0.475 e. The van der Waals surface area contributed by atoms with Crippen molar-refractivity contribution >= 4 is 11.9 Å². The topological polar surface area (TPSA) is 116 Å². The molecule has 0 aromatic carbocycles. The fourth-order valence-electron chi connectivity index (χ4n) is 4.09. The lowest BCUT2D eigenvalue weighted by Crippen LogP contribution is -2.44. The molecule has 0 amide bonds. The van der Waals surface area contributed by atoms with Crippen molar-refractivity contribution in [2.45, 2.75) is 56.3 Å². The van der Waals surface area contributed by atoms with Gasteiger partial charge in [-0.25, -0.2) is 9.59 Å². The minimum atomic E-state index is -5.08. The summed E-state index contributed by atoms with van der Waals surface area (Å²) in [5, 5.41) is 14.2. The van der Waals surface area contributed by atoms with Gasteiger partial charge in [-0.1, -0.05) is 0 Å². The molecular weight excluding hydrogens is 540 g/mol. The predicted molar refractivity (Wildman–Crippen MR) is 123 cm³/mol. The number of pyridine rings is 1. The third-order valence-electron chi connectivity index (χ3n) is 6.21. The van der Waals surface area contributed by atoms with E-state index in [1.807, 2.05) is 24.5 Å². The summed E-state index contributed by atoms with van der Waals surface area (Å²) >= 11 is 0. The smallest absolute Gasteiger partial charge is 0.475 e. The van der Waals surface area contributed by atoms with Gasteiger partial charge in [-0.05, 0) is 56.1 Å². The van der Waals surface area contributed by atoms with E-state index in [1.54, 1.807) is 6.26 Å². The number of alkyl halides is 6. The van der Waals surface area contributed by atoms with Gasteiger partial charge in [0.15, 0.2) is 0 Å². The number of aliphatic carboxylic acids is 2. The second kappa shape index (κ2) is 13.8. The van der Waals surface area contributed by atoms with Gasteiger partial charge in [-0.15, -0.1) is 0 Å². The van der Waals surface area contributed by atoms with Crippen LogP contribution >= 0.6 is 0 Å². The van der Waals surface area contributed by atoms with Crippen LogP contribution in [0.15, 0.2) is 47.3 Å². The number of piperidine rings is 1. The summed E-state index contributed by atoms with van der Waals surface area (Å²) < 4.78 is 75.3. The molecule has 39 heavy (non-hydrogen) atoms. The molecule has 2 aromatic heterocycles. The highest BCUT2D eigenvalue weighted by atomic mass is 19.4. The van der Waals surface area contributed by atoms with E-state index in [-0.39, 0.29) is 5.60 Å². The van der Waals surface area contributed by atoms with Gasteiger partial charge >= 0.3 is 24.3 Å². The number of likely N-dealkylation sites (tertiary alicyclic amines) is 1. The van der Waals surface area contributed by atoms with Crippen molar-refractivity contribution in [1.82, 2.24) is 14.8 Å². The van der Waals surface area contributed by atoms with Gasteiger partial charge in [0.1, 0.15) is 5.76 Å². The van der Waals surface area contributed by atoms with Crippen LogP contribution in [0.4, 0.5) is 26.3 Å². The van der Waals surface area contributed by atoms with Crippen molar-refractivity contribution in [2.24, 2.45) is 0 Å². The van der Waals surface area contributed by atoms with Crippen LogP contribution in [-0.2, 0) is 27.4 Å². The van der Waals surface area contributed by atoms with Crippen molar-refractivity contribution in [1.29, 1.82) is 0 Å². The molecule has 2 saturated heterocycles. The SMILES string of the molecule is CN(Cc1ccco1)C1COC2(CCN(Cc3ccncc3)CC2)C1.O=C(O)C(F)(F)F.O=C(O)C(F)(F)F. The van der Waals surface area contributed by atoms with Gasteiger partial charge in [0.2, 0.25) is 0 Å². The molecule has 0 saturated carbocycles. The van der Waals surface area contributed by atoms with Crippen molar-refractivity contribution in [2.75, 3.05) is 26.7 Å². The third-order valence-corrected chi connectivity index (χ3v) is 6.21. The zero-order valence-corrected chi connectivity index (χ0v) is 20.9. The number of carboxylic acid groups (broad SMARTS) is 2. The first-order chi connectivity index (χ1) is 18.1. The Morgan fingerprint density at radius 1 is 1.05 bits per heavy atom. The number of likely N-dealkylation sites (N-methyl/N-ethyl adjacent to an activating group) is 1. The predicted octanol–water partition coefficient (Wildman–Crippen LogP) is 4.20. The van der Waals surface area contributed by atoms with E-state index in [2.05, 4.69) is 34.0 Å². The fraction of sp³-hybridized carbons (Fsp3) is 0.542. The summed E-state index contributed by atoms with van der Waals surface area (Å²) in [5.41, 5.74) is 1.42. The van der Waals surface area contributed by atoms with Gasteiger partial charge in [0, 0.05) is 38.1 Å². The van der Waals surface area contributed by atoms with Gasteiger partial charge in [0.05, 0.1) is 25.0 Å². The summed E-state index contributed by atoms with van der Waals surface area (Å²) in [4.78, 5) is 26.8. The molecule has 4 rings (SSSR count). The summed E-state index contributed by atoms with van der Waals surface area (Å²) in [6, 6.07) is 8.69. The summed E-state index contributed by atoms with van der Waals surface area (Å²) in [5.74, 6) is -4.49. The number of carboxylic acids is 2. The molecule has 2 N–H and O–H groups in total. The number of ether oxygens (including phenoxy) is 1. The van der Waals surface area contributed by atoms with Crippen LogP contribution < -0.4 is 0 Å². The number of furan rings is 1. The second-order valence-electron chi connectivity index (χ2n) is 9.08. The Morgan fingerprint density at radius 2 is 1.59 bits per heavy atom. The average molecular weight is 569 g/mol. The average Bonchev–Trinajstić information content (AvgIpc) is 3.51. The van der Waals surface area contributed by atoms with Gasteiger partial charge in [0.25, 0.3) is 0 Å². The van der Waals surface area contributed by atoms with Crippen molar-refractivity contribution in [3.05, 3.63) is 54.2 Å². The van der Waals surface area contributed by atoms with Crippen LogP contribution in [0.2, 0.25) is 0 Å². The van der Waals surface area contributed by atoms with Crippen LogP contribution in [0.5, 0.6) is 0 Å². The zero-order chi connectivity index (χ0) is 29.3. The first-order valence-corrected chi connectivity index (χ1v) is 11.7. The molecule has 2 aromatic rings. The Hall–Kier alpha value is -3.17. The van der Waals surface area contributed by atoms with E-state index in [9.17, 15) is 26.3 Å². The summed E-state index contributed by atoms with van der Waals surface area (Å²) in [6.45, 7) is 4.92. The molecule has 1 atom stereocenters. The van der Waals surface area contributed by atoms with E-state index in [1.165, 1.54) is 5.56 Å². The van der Waals surface area contributed by atoms with Crippen molar-refractivity contribution < 1.29 is 55.3 Å². The Kier molecular flexibility index (Phi) is 11.3. The van der Waals surface area contributed by atoms with Crippen molar-refractivity contribution in [3.63, 3.8) is 0 Å². The fourth-order valence-corrected chi connectivity index (χ4v) is 4.09. The Morgan fingerprint density at radius 3 is 2.05 bits per heavy atom. The number of carbonyl (C=O) groups is 2. The molecular formula is C24H29F6N3O6. The van der Waals surface area contributed by atoms with Crippen LogP contribution in [0.25, 0.3) is 0 Å². The third kappa shape index (κ3) is 10.8. The summed E-state index contributed by atoms with van der Waals surface area (Å²) in [6.07, 6.45) is -1.28. The molecule has 9 nitrogen and oxygen atoms in total. The highest BCUT2D eigenvalue weighted by molar-refractivity contribution is 5.73. The second-order valence-corrected chi connectivity index (χ2v) is 9.08. The number of halogens is 6. The number of hydrogen-bond donors (Lipinski definition) is 2. The first kappa shape index (κ1) is 32.0. The van der Waals surface area contributed by atoms with Crippen LogP contribution in [-0.4, -0.2) is 87.7 Å². The maximum Gasteiger partial charge on any atom is 0.490 e. The number of hydrogen-bond acceptors (Lipinski definition) is 7. The highest BCUT2D eigenvalue weighted by Gasteiger charge is 2.44. The molecule has 2 fully saturated rings. The molecule has 15 heteroatoms. The molecule has 2 aliphatic heterocycles. The lowest BCUT2D eigenvalue weighted by Gasteiger charge is -2.39. The zero-order valence-electron chi connectivity index (χ0n) is 20.9. The molecule has 218 valence electrons. The van der Waals surface area contributed by atoms with Crippen molar-refractivity contribution in [3.8, 4) is 0 Å². The number of nitrogens with zero attached hydrogens (tertiary/aromatic N) is 3. The normalized spacial score (nSPS) is 19.1. The Balaban J connectivity index is 0.000000317. The van der Waals surface area contributed by atoms with Crippen LogP contribution in [0.1, 0.15) is 30.6 Å². The highest BCUT2D eigenvalue weighted by Crippen LogP contribution is 2.38. The van der Waals surface area contributed by atoms with E-state index in [4.69, 9.17) is 29.0 Å². The molecule has 0 radical (unpaired) electrons. The molecule has 1 unspecified atom stereocenters. The molecule has 1 spiro atoms. The van der Waals surface area contributed by atoms with E-state index >= 15 is 0 Å². The number of aromatic nitrogens is 1. The quantitative estimate of drug-likeness (QED) is 0.511. The van der Waals surface area contributed by atoms with Gasteiger partial charge in [-0.2, -0.15) is 26.3 Å². The molecule has 2 aliphatic rings. The van der Waals surface area contributed by atoms with Crippen LogP contribution in [0.3, 0.4) is 0 Å². The molecule has 4 heterocycles. The maximum absolute atomic E-state index is 10.6.